The second kappa shape index (κ2) is 7.36. The number of piperazine rings is 1. The molecule has 4 nitrogen and oxygen atoms in total. The first-order chi connectivity index (χ1) is 9.35. The van der Waals surface area contributed by atoms with Gasteiger partial charge in [0.05, 0.1) is 12.8 Å². The average Bonchev–Trinajstić information content (AvgIpc) is 2.48. The van der Waals surface area contributed by atoms with Crippen LogP contribution in [0.5, 0.6) is 5.75 Å². The Morgan fingerprint density at radius 1 is 1.16 bits per heavy atom. The SMILES string of the molecule is CCNCCN1CCN(c2ccccc2OC)CC1. The van der Waals surface area contributed by atoms with Crippen LogP contribution in [0.2, 0.25) is 0 Å². The van der Waals surface area contributed by atoms with Crippen molar-refractivity contribution in [3.8, 4) is 5.75 Å². The van der Waals surface area contributed by atoms with Gasteiger partial charge >= 0.3 is 0 Å². The van der Waals surface area contributed by atoms with Crippen molar-refractivity contribution < 1.29 is 4.74 Å². The number of anilines is 1. The summed E-state index contributed by atoms with van der Waals surface area (Å²) < 4.78 is 5.44. The second-order valence-electron chi connectivity index (χ2n) is 4.85. The molecule has 0 spiro atoms. The van der Waals surface area contributed by atoms with Gasteiger partial charge in [-0.1, -0.05) is 19.1 Å². The summed E-state index contributed by atoms with van der Waals surface area (Å²) in [7, 11) is 1.74. The lowest BCUT2D eigenvalue weighted by Gasteiger charge is -2.36. The molecule has 1 aliphatic heterocycles. The Kier molecular flexibility index (Phi) is 5.48. The van der Waals surface area contributed by atoms with Gasteiger partial charge in [0.15, 0.2) is 0 Å². The molecule has 2 rings (SSSR count). The van der Waals surface area contributed by atoms with E-state index in [1.54, 1.807) is 7.11 Å². The molecule has 0 atom stereocenters. The van der Waals surface area contributed by atoms with E-state index in [4.69, 9.17) is 4.74 Å². The van der Waals surface area contributed by atoms with Gasteiger partial charge < -0.3 is 15.0 Å². The molecule has 1 aromatic rings. The fourth-order valence-corrected chi connectivity index (χ4v) is 2.52. The number of hydrogen-bond acceptors (Lipinski definition) is 4. The number of benzene rings is 1. The molecule has 19 heavy (non-hydrogen) atoms. The molecule has 106 valence electrons. The van der Waals surface area contributed by atoms with Gasteiger partial charge in [-0.2, -0.15) is 0 Å². The average molecular weight is 263 g/mol. The smallest absolute Gasteiger partial charge is 0.142 e. The van der Waals surface area contributed by atoms with Gasteiger partial charge in [0.2, 0.25) is 0 Å². The maximum absolute atomic E-state index is 5.44. The molecule has 0 aliphatic carbocycles. The third-order valence-electron chi connectivity index (χ3n) is 3.65. The first-order valence-electron chi connectivity index (χ1n) is 7.16. The van der Waals surface area contributed by atoms with Gasteiger partial charge in [-0.15, -0.1) is 0 Å². The Bertz CT molecular complexity index is 375. The highest BCUT2D eigenvalue weighted by molar-refractivity contribution is 5.58. The van der Waals surface area contributed by atoms with Gasteiger partial charge in [0, 0.05) is 39.3 Å². The van der Waals surface area contributed by atoms with E-state index < -0.39 is 0 Å². The van der Waals surface area contributed by atoms with E-state index in [0.717, 1.165) is 51.6 Å². The summed E-state index contributed by atoms with van der Waals surface area (Å²) in [5, 5.41) is 3.38. The number of ether oxygens (including phenoxy) is 1. The molecule has 0 aromatic heterocycles. The number of nitrogens with one attached hydrogen (secondary N) is 1. The molecule has 0 bridgehead atoms. The molecule has 0 radical (unpaired) electrons. The van der Waals surface area contributed by atoms with Crippen molar-refractivity contribution in [1.82, 2.24) is 10.2 Å². The number of methoxy groups -OCH3 is 1. The summed E-state index contributed by atoms with van der Waals surface area (Å²) in [6.07, 6.45) is 0. The van der Waals surface area contributed by atoms with E-state index in [1.807, 2.05) is 12.1 Å². The minimum atomic E-state index is 0.976. The molecule has 1 fully saturated rings. The lowest BCUT2D eigenvalue weighted by molar-refractivity contribution is 0.257. The molecule has 1 saturated heterocycles. The fourth-order valence-electron chi connectivity index (χ4n) is 2.52. The summed E-state index contributed by atoms with van der Waals surface area (Å²) in [6, 6.07) is 8.28. The van der Waals surface area contributed by atoms with Crippen LogP contribution in [0.25, 0.3) is 0 Å². The maximum atomic E-state index is 5.44. The van der Waals surface area contributed by atoms with Crippen molar-refractivity contribution in [3.05, 3.63) is 24.3 Å². The van der Waals surface area contributed by atoms with Crippen LogP contribution in [0.3, 0.4) is 0 Å². The summed E-state index contributed by atoms with van der Waals surface area (Å²) in [5.41, 5.74) is 1.22. The Labute approximate surface area is 116 Å². The molecular weight excluding hydrogens is 238 g/mol. The summed E-state index contributed by atoms with van der Waals surface area (Å²) in [5.74, 6) is 0.976. The first kappa shape index (κ1) is 14.2. The zero-order valence-electron chi connectivity index (χ0n) is 12.1. The van der Waals surface area contributed by atoms with E-state index in [-0.39, 0.29) is 0 Å². The van der Waals surface area contributed by atoms with Gasteiger partial charge in [0.1, 0.15) is 5.75 Å². The Morgan fingerprint density at radius 2 is 1.89 bits per heavy atom. The Hall–Kier alpha value is -1.26. The van der Waals surface area contributed by atoms with E-state index in [2.05, 4.69) is 34.2 Å². The third kappa shape index (κ3) is 3.85. The second-order valence-corrected chi connectivity index (χ2v) is 4.85. The number of hydrogen-bond donors (Lipinski definition) is 1. The van der Waals surface area contributed by atoms with Crippen LogP contribution >= 0.6 is 0 Å². The van der Waals surface area contributed by atoms with Crippen molar-refractivity contribution in [2.24, 2.45) is 0 Å². The summed E-state index contributed by atoms with van der Waals surface area (Å²) in [6.45, 7) is 9.85. The van der Waals surface area contributed by atoms with Crippen molar-refractivity contribution in [3.63, 3.8) is 0 Å². The fraction of sp³-hybridized carbons (Fsp3) is 0.600. The minimum absolute atomic E-state index is 0.976. The normalized spacial score (nSPS) is 16.6. The van der Waals surface area contributed by atoms with Crippen LogP contribution in [0.15, 0.2) is 24.3 Å². The first-order valence-corrected chi connectivity index (χ1v) is 7.16. The van der Waals surface area contributed by atoms with Crippen LogP contribution in [0.1, 0.15) is 6.92 Å². The van der Waals surface area contributed by atoms with E-state index in [1.165, 1.54) is 5.69 Å². The van der Waals surface area contributed by atoms with Crippen LogP contribution in [0, 0.1) is 0 Å². The zero-order valence-corrected chi connectivity index (χ0v) is 12.1. The molecule has 0 amide bonds. The zero-order chi connectivity index (χ0) is 13.5. The molecule has 1 aromatic carbocycles. The van der Waals surface area contributed by atoms with Crippen LogP contribution < -0.4 is 15.0 Å². The molecule has 1 heterocycles. The monoisotopic (exact) mass is 263 g/mol. The maximum Gasteiger partial charge on any atom is 0.142 e. The number of likely N-dealkylation sites (N-methyl/N-ethyl adjacent to an activating group) is 1. The highest BCUT2D eigenvalue weighted by atomic mass is 16.5. The highest BCUT2D eigenvalue weighted by Gasteiger charge is 2.18. The standard InChI is InChI=1S/C15H25N3O/c1-3-16-8-9-17-10-12-18(13-11-17)14-6-4-5-7-15(14)19-2/h4-7,16H,3,8-13H2,1-2H3. The van der Waals surface area contributed by atoms with Gasteiger partial charge in [0.25, 0.3) is 0 Å². The molecule has 1 aliphatic rings. The highest BCUT2D eigenvalue weighted by Crippen LogP contribution is 2.28. The molecule has 1 N–H and O–H groups in total. The lowest BCUT2D eigenvalue weighted by Crippen LogP contribution is -2.48. The van der Waals surface area contributed by atoms with Crippen molar-refractivity contribution in [2.75, 3.05) is 57.8 Å². The number of rotatable bonds is 6. The van der Waals surface area contributed by atoms with Crippen molar-refractivity contribution in [1.29, 1.82) is 0 Å². The third-order valence-corrected chi connectivity index (χ3v) is 3.65. The Balaban J connectivity index is 1.85. The lowest BCUT2D eigenvalue weighted by atomic mass is 10.2. The number of para-hydroxylation sites is 2. The van der Waals surface area contributed by atoms with Crippen molar-refractivity contribution >= 4 is 5.69 Å². The Morgan fingerprint density at radius 3 is 2.58 bits per heavy atom. The molecular formula is C15H25N3O. The largest absolute Gasteiger partial charge is 0.495 e. The van der Waals surface area contributed by atoms with Crippen LogP contribution in [-0.2, 0) is 0 Å². The molecule has 0 saturated carbocycles. The predicted molar refractivity (Wildman–Crippen MR) is 80.2 cm³/mol. The summed E-state index contributed by atoms with van der Waals surface area (Å²) >= 11 is 0. The molecule has 4 heteroatoms. The summed E-state index contributed by atoms with van der Waals surface area (Å²) in [4.78, 5) is 4.94. The van der Waals surface area contributed by atoms with E-state index >= 15 is 0 Å². The van der Waals surface area contributed by atoms with Crippen LogP contribution in [0.4, 0.5) is 5.69 Å². The number of nitrogens with zero attached hydrogens (tertiary/aromatic N) is 2. The van der Waals surface area contributed by atoms with Crippen LogP contribution in [-0.4, -0.2) is 57.8 Å². The minimum Gasteiger partial charge on any atom is -0.495 e. The topological polar surface area (TPSA) is 27.7 Å². The van der Waals surface area contributed by atoms with Crippen molar-refractivity contribution in [2.45, 2.75) is 6.92 Å². The predicted octanol–water partition coefficient (Wildman–Crippen LogP) is 1.43. The van der Waals surface area contributed by atoms with Gasteiger partial charge in [-0.3, -0.25) is 4.90 Å². The van der Waals surface area contributed by atoms with Gasteiger partial charge in [-0.05, 0) is 18.7 Å². The quantitative estimate of drug-likeness (QED) is 0.786. The molecule has 0 unspecified atom stereocenters. The van der Waals surface area contributed by atoms with E-state index in [0.29, 0.717) is 0 Å². The van der Waals surface area contributed by atoms with Gasteiger partial charge in [-0.25, -0.2) is 0 Å². The van der Waals surface area contributed by atoms with E-state index in [9.17, 15) is 0 Å².